The topological polar surface area (TPSA) is 103 Å². The summed E-state index contributed by atoms with van der Waals surface area (Å²) < 4.78 is 110. The van der Waals surface area contributed by atoms with E-state index >= 15 is 0 Å². The lowest BCUT2D eigenvalue weighted by Crippen LogP contribution is -2.37. The number of nitrogens with one attached hydrogen (secondary N) is 1. The van der Waals surface area contributed by atoms with Gasteiger partial charge in [0, 0.05) is 17.8 Å². The Morgan fingerprint density at radius 2 is 1.68 bits per heavy atom. The third-order valence-electron chi connectivity index (χ3n) is 6.65. The zero-order chi connectivity index (χ0) is 32.3. The van der Waals surface area contributed by atoms with Crippen molar-refractivity contribution in [2.45, 2.75) is 44.5 Å². The van der Waals surface area contributed by atoms with Crippen LogP contribution in [0.15, 0.2) is 60.8 Å². The molecular weight excluding hydrogens is 602 g/mol. The summed E-state index contributed by atoms with van der Waals surface area (Å²) in [6.07, 6.45) is -7.79. The van der Waals surface area contributed by atoms with Crippen LogP contribution in [0.5, 0.6) is 0 Å². The number of amides is 2. The predicted molar refractivity (Wildman–Crippen MR) is 141 cm³/mol. The molecule has 7 nitrogen and oxygen atoms in total. The van der Waals surface area contributed by atoms with E-state index in [1.807, 2.05) is 0 Å². The monoisotopic (exact) mass is 625 g/mol. The molecule has 0 radical (unpaired) electrons. The lowest BCUT2D eigenvalue weighted by Gasteiger charge is -2.25. The molecule has 0 unspecified atom stereocenters. The van der Waals surface area contributed by atoms with Crippen molar-refractivity contribution in [3.8, 4) is 11.1 Å². The lowest BCUT2D eigenvalue weighted by molar-refractivity contribution is -0.142. The van der Waals surface area contributed by atoms with Crippen LogP contribution < -0.4 is 11.1 Å². The van der Waals surface area contributed by atoms with Gasteiger partial charge in [-0.05, 0) is 60.4 Å². The maximum atomic E-state index is 14.2. The number of hydrogen-bond acceptors (Lipinski definition) is 4. The summed E-state index contributed by atoms with van der Waals surface area (Å²) in [5.74, 6) is -4.93. The zero-order valence-corrected chi connectivity index (χ0v) is 22.7. The molecule has 15 heteroatoms. The van der Waals surface area contributed by atoms with Gasteiger partial charge in [0.05, 0.1) is 17.3 Å². The molecule has 0 spiro atoms. The SMILES string of the molecule is CC[C@@H](C(=O)N[C@@H](Cc1cc(F)cc(F)c1)c1ncccc1-c1ccc(F)c(C(N)=O)c1)n1nc(C(F)(F)F)cc1C(F)F. The van der Waals surface area contributed by atoms with Gasteiger partial charge < -0.3 is 11.1 Å². The first-order chi connectivity index (χ1) is 20.7. The van der Waals surface area contributed by atoms with Gasteiger partial charge in [0.1, 0.15) is 29.2 Å². The van der Waals surface area contributed by atoms with Crippen LogP contribution in [0.1, 0.15) is 64.9 Å². The van der Waals surface area contributed by atoms with Crippen LogP contribution >= 0.6 is 0 Å². The fraction of sp³-hybridized carbons (Fsp3) is 0.241. The average molecular weight is 626 g/mol. The number of rotatable bonds is 10. The number of primary amides is 1. The fourth-order valence-electron chi connectivity index (χ4n) is 4.70. The molecule has 3 N–H and O–H groups in total. The molecule has 232 valence electrons. The van der Waals surface area contributed by atoms with Crippen LogP contribution in [0, 0.1) is 17.5 Å². The Morgan fingerprint density at radius 3 is 2.27 bits per heavy atom. The summed E-state index contributed by atoms with van der Waals surface area (Å²) in [5.41, 5.74) is 2.53. The molecule has 0 fully saturated rings. The van der Waals surface area contributed by atoms with E-state index in [1.165, 1.54) is 31.3 Å². The Balaban J connectivity index is 1.81. The van der Waals surface area contributed by atoms with Gasteiger partial charge in [0.15, 0.2) is 5.69 Å². The standard InChI is InChI=1S/C29H23F8N5O2/c1-2-22(42-23(26(33)34)13-24(41-42)29(35,36)37)28(44)40-21(10-14-8-16(30)12-17(31)9-14)25-18(4-3-7-39-25)15-5-6-20(32)19(11-15)27(38)43/h3-9,11-13,21-22,26H,2,10H2,1H3,(H2,38,43)(H,40,44)/t21-,22-/m0/s1. The van der Waals surface area contributed by atoms with E-state index < -0.39 is 70.9 Å². The molecule has 0 aliphatic rings. The highest BCUT2D eigenvalue weighted by atomic mass is 19.4. The Bertz CT molecular complexity index is 1670. The van der Waals surface area contributed by atoms with Crippen molar-refractivity contribution in [3.05, 3.63) is 106 Å². The number of alkyl halides is 5. The Labute approximate surface area is 244 Å². The molecule has 0 aliphatic heterocycles. The summed E-state index contributed by atoms with van der Waals surface area (Å²) in [5, 5.41) is 5.78. The van der Waals surface area contributed by atoms with Crippen LogP contribution in [0.2, 0.25) is 0 Å². The quantitative estimate of drug-likeness (QED) is 0.197. The number of nitrogens with two attached hydrogens (primary N) is 1. The van der Waals surface area contributed by atoms with Gasteiger partial charge in [-0.2, -0.15) is 18.3 Å². The summed E-state index contributed by atoms with van der Waals surface area (Å²) >= 11 is 0. The number of pyridine rings is 1. The van der Waals surface area contributed by atoms with Crippen LogP contribution in [0.3, 0.4) is 0 Å². The summed E-state index contributed by atoms with van der Waals surface area (Å²) in [4.78, 5) is 29.6. The molecule has 2 amide bonds. The van der Waals surface area contributed by atoms with E-state index in [0.717, 1.165) is 24.3 Å². The van der Waals surface area contributed by atoms with E-state index in [2.05, 4.69) is 15.4 Å². The van der Waals surface area contributed by atoms with Crippen molar-refractivity contribution in [3.63, 3.8) is 0 Å². The van der Waals surface area contributed by atoms with E-state index in [9.17, 15) is 44.7 Å². The minimum Gasteiger partial charge on any atom is -0.366 e. The van der Waals surface area contributed by atoms with Crippen molar-refractivity contribution in [1.29, 1.82) is 0 Å². The average Bonchev–Trinajstić information content (AvgIpc) is 3.39. The number of aromatic nitrogens is 3. The fourth-order valence-corrected chi connectivity index (χ4v) is 4.70. The summed E-state index contributed by atoms with van der Waals surface area (Å²) in [6.45, 7) is 1.36. The smallest absolute Gasteiger partial charge is 0.366 e. The molecule has 0 saturated heterocycles. The summed E-state index contributed by atoms with van der Waals surface area (Å²) in [6, 6.07) is 6.12. The van der Waals surface area contributed by atoms with Crippen LogP contribution in [-0.2, 0) is 17.4 Å². The van der Waals surface area contributed by atoms with Crippen LogP contribution in [0.4, 0.5) is 35.1 Å². The lowest BCUT2D eigenvalue weighted by atomic mass is 9.94. The largest absolute Gasteiger partial charge is 0.435 e. The maximum Gasteiger partial charge on any atom is 0.435 e. The highest BCUT2D eigenvalue weighted by molar-refractivity contribution is 5.94. The second-order valence-corrected chi connectivity index (χ2v) is 9.66. The number of hydrogen-bond donors (Lipinski definition) is 2. The van der Waals surface area contributed by atoms with E-state index in [1.54, 1.807) is 0 Å². The molecule has 4 rings (SSSR count). The van der Waals surface area contributed by atoms with Crippen molar-refractivity contribution < 1.29 is 44.7 Å². The van der Waals surface area contributed by atoms with Crippen molar-refractivity contribution in [2.24, 2.45) is 5.73 Å². The first kappa shape index (κ1) is 32.1. The number of benzene rings is 2. The Kier molecular flexibility index (Phi) is 9.35. The van der Waals surface area contributed by atoms with Crippen molar-refractivity contribution in [1.82, 2.24) is 20.1 Å². The molecule has 2 aromatic carbocycles. The molecule has 4 aromatic rings. The molecule has 0 saturated carbocycles. The highest BCUT2D eigenvalue weighted by Crippen LogP contribution is 2.34. The maximum absolute atomic E-state index is 14.2. The molecule has 2 atom stereocenters. The van der Waals surface area contributed by atoms with Crippen molar-refractivity contribution >= 4 is 11.8 Å². The number of carbonyl (C=O) groups excluding carboxylic acids is 2. The van der Waals surface area contributed by atoms with Crippen LogP contribution in [0.25, 0.3) is 11.1 Å². The van der Waals surface area contributed by atoms with E-state index in [0.29, 0.717) is 10.7 Å². The number of nitrogens with zero attached hydrogens (tertiary/aromatic N) is 3. The zero-order valence-electron chi connectivity index (χ0n) is 22.7. The molecule has 44 heavy (non-hydrogen) atoms. The minimum atomic E-state index is -5.07. The van der Waals surface area contributed by atoms with Gasteiger partial charge in [0.2, 0.25) is 5.91 Å². The van der Waals surface area contributed by atoms with Crippen molar-refractivity contribution in [2.75, 3.05) is 0 Å². The second kappa shape index (κ2) is 12.8. The van der Waals surface area contributed by atoms with Gasteiger partial charge in [-0.15, -0.1) is 0 Å². The first-order valence-corrected chi connectivity index (χ1v) is 12.9. The molecule has 2 heterocycles. The minimum absolute atomic E-state index is 0.0288. The third kappa shape index (κ3) is 7.03. The second-order valence-electron chi connectivity index (χ2n) is 9.66. The van der Waals surface area contributed by atoms with E-state index in [-0.39, 0.29) is 41.3 Å². The molecule has 0 bridgehead atoms. The van der Waals surface area contributed by atoms with Gasteiger partial charge >= 0.3 is 6.18 Å². The van der Waals surface area contributed by atoms with Gasteiger partial charge in [-0.3, -0.25) is 19.3 Å². The molecule has 0 aliphatic carbocycles. The normalized spacial score (nSPS) is 13.1. The van der Waals surface area contributed by atoms with E-state index in [4.69, 9.17) is 5.73 Å². The van der Waals surface area contributed by atoms with Gasteiger partial charge in [-0.25, -0.2) is 22.0 Å². The number of halogens is 8. The highest BCUT2D eigenvalue weighted by Gasteiger charge is 2.38. The first-order valence-electron chi connectivity index (χ1n) is 12.9. The van der Waals surface area contributed by atoms with Gasteiger partial charge in [0.25, 0.3) is 12.3 Å². The van der Waals surface area contributed by atoms with Gasteiger partial charge in [-0.1, -0.05) is 19.1 Å². The Morgan fingerprint density at radius 1 is 1.00 bits per heavy atom. The molecular formula is C29H23F8N5O2. The Hall–Kier alpha value is -4.82. The summed E-state index contributed by atoms with van der Waals surface area (Å²) in [7, 11) is 0. The number of carbonyl (C=O) groups is 2. The third-order valence-corrected chi connectivity index (χ3v) is 6.65. The molecule has 2 aromatic heterocycles. The predicted octanol–water partition coefficient (Wildman–Crippen LogP) is 6.47. The van der Waals surface area contributed by atoms with Crippen LogP contribution in [-0.4, -0.2) is 26.6 Å².